The van der Waals surface area contributed by atoms with Gasteiger partial charge in [0.05, 0.1) is 23.5 Å². The SMILES string of the molecule is CCOC(=O)c1ccc(N2CCN(Cc3ccccc3)CC2)c(NC(=O)c2ccc(C)c(Cl)c2)c1. The Balaban J connectivity index is 1.53. The van der Waals surface area contributed by atoms with Gasteiger partial charge < -0.3 is 15.0 Å². The minimum absolute atomic E-state index is 0.281. The predicted octanol–water partition coefficient (Wildman–Crippen LogP) is 5.40. The van der Waals surface area contributed by atoms with Crippen molar-refractivity contribution in [3.63, 3.8) is 0 Å². The summed E-state index contributed by atoms with van der Waals surface area (Å²) in [6.07, 6.45) is 0. The summed E-state index contributed by atoms with van der Waals surface area (Å²) in [5, 5.41) is 3.53. The van der Waals surface area contributed by atoms with E-state index in [-0.39, 0.29) is 12.5 Å². The number of esters is 1. The first-order chi connectivity index (χ1) is 16.9. The maximum absolute atomic E-state index is 13.1. The number of aryl methyl sites for hydroxylation is 1. The molecule has 0 aliphatic carbocycles. The highest BCUT2D eigenvalue weighted by Gasteiger charge is 2.22. The molecule has 0 atom stereocenters. The fourth-order valence-corrected chi connectivity index (χ4v) is 4.35. The molecule has 0 saturated carbocycles. The van der Waals surface area contributed by atoms with Gasteiger partial charge in [0.25, 0.3) is 5.91 Å². The number of rotatable bonds is 7. The lowest BCUT2D eigenvalue weighted by Gasteiger charge is -2.37. The average Bonchev–Trinajstić information content (AvgIpc) is 2.87. The van der Waals surface area contributed by atoms with E-state index in [0.717, 1.165) is 44.0 Å². The van der Waals surface area contributed by atoms with Crippen LogP contribution in [0, 0.1) is 6.92 Å². The number of nitrogens with one attached hydrogen (secondary N) is 1. The third-order valence-electron chi connectivity index (χ3n) is 6.15. The highest BCUT2D eigenvalue weighted by Crippen LogP contribution is 2.30. The molecule has 1 N–H and O–H groups in total. The van der Waals surface area contributed by atoms with Crippen LogP contribution >= 0.6 is 11.6 Å². The lowest BCUT2D eigenvalue weighted by atomic mass is 10.1. The molecule has 3 aromatic rings. The van der Waals surface area contributed by atoms with Crippen LogP contribution in [0.15, 0.2) is 66.7 Å². The number of anilines is 2. The summed E-state index contributed by atoms with van der Waals surface area (Å²) in [5.41, 5.74) is 4.51. The first-order valence-corrected chi connectivity index (χ1v) is 12.2. The summed E-state index contributed by atoms with van der Waals surface area (Å²) in [7, 11) is 0. The van der Waals surface area contributed by atoms with Crippen LogP contribution in [0.25, 0.3) is 0 Å². The second kappa shape index (κ2) is 11.4. The lowest BCUT2D eigenvalue weighted by Crippen LogP contribution is -2.46. The van der Waals surface area contributed by atoms with E-state index in [4.69, 9.17) is 16.3 Å². The van der Waals surface area contributed by atoms with Gasteiger partial charge >= 0.3 is 5.97 Å². The van der Waals surface area contributed by atoms with E-state index in [1.165, 1.54) is 5.56 Å². The quantitative estimate of drug-likeness (QED) is 0.448. The third-order valence-corrected chi connectivity index (χ3v) is 6.56. The molecule has 1 saturated heterocycles. The molecule has 1 aliphatic rings. The van der Waals surface area contributed by atoms with E-state index < -0.39 is 5.97 Å². The molecule has 7 heteroatoms. The molecule has 4 rings (SSSR count). The summed E-state index contributed by atoms with van der Waals surface area (Å²) in [6, 6.07) is 21.0. The number of piperazine rings is 1. The van der Waals surface area contributed by atoms with Crippen LogP contribution in [-0.4, -0.2) is 49.6 Å². The fraction of sp³-hybridized carbons (Fsp3) is 0.286. The second-order valence-electron chi connectivity index (χ2n) is 8.62. The Labute approximate surface area is 211 Å². The lowest BCUT2D eigenvalue weighted by molar-refractivity contribution is 0.0526. The molecule has 35 heavy (non-hydrogen) atoms. The maximum Gasteiger partial charge on any atom is 0.338 e. The van der Waals surface area contributed by atoms with Gasteiger partial charge in [0, 0.05) is 43.3 Å². The molecule has 0 bridgehead atoms. The Bertz CT molecular complexity index is 1190. The van der Waals surface area contributed by atoms with Gasteiger partial charge in [-0.25, -0.2) is 4.79 Å². The molecular formula is C28H30ClN3O3. The van der Waals surface area contributed by atoms with E-state index in [1.807, 2.05) is 25.1 Å². The molecule has 1 fully saturated rings. The van der Waals surface area contributed by atoms with Crippen molar-refractivity contribution in [3.8, 4) is 0 Å². The molecular weight excluding hydrogens is 462 g/mol. The number of hydrogen-bond acceptors (Lipinski definition) is 5. The predicted molar refractivity (Wildman–Crippen MR) is 140 cm³/mol. The van der Waals surface area contributed by atoms with Gasteiger partial charge in [0.1, 0.15) is 0 Å². The van der Waals surface area contributed by atoms with Crippen LogP contribution in [0.1, 0.15) is 38.8 Å². The van der Waals surface area contributed by atoms with Crippen molar-refractivity contribution in [3.05, 3.63) is 94.0 Å². The Morgan fingerprint density at radius 3 is 2.34 bits per heavy atom. The van der Waals surface area contributed by atoms with Crippen LogP contribution in [0.2, 0.25) is 5.02 Å². The van der Waals surface area contributed by atoms with Crippen molar-refractivity contribution in [2.24, 2.45) is 0 Å². The molecule has 0 radical (unpaired) electrons. The van der Waals surface area contributed by atoms with Gasteiger partial charge in [0.15, 0.2) is 0 Å². The number of ether oxygens (including phenoxy) is 1. The largest absolute Gasteiger partial charge is 0.462 e. The van der Waals surface area contributed by atoms with Crippen molar-refractivity contribution in [1.29, 1.82) is 0 Å². The number of carbonyl (C=O) groups is 2. The number of amides is 1. The van der Waals surface area contributed by atoms with Crippen LogP contribution in [-0.2, 0) is 11.3 Å². The van der Waals surface area contributed by atoms with Crippen LogP contribution in [0.3, 0.4) is 0 Å². The molecule has 3 aromatic carbocycles. The zero-order valence-corrected chi connectivity index (χ0v) is 20.8. The van der Waals surface area contributed by atoms with Crippen LogP contribution < -0.4 is 10.2 Å². The van der Waals surface area contributed by atoms with E-state index in [9.17, 15) is 9.59 Å². The van der Waals surface area contributed by atoms with Crippen molar-refractivity contribution >= 4 is 34.9 Å². The summed E-state index contributed by atoms with van der Waals surface area (Å²) in [6.45, 7) is 8.27. The Morgan fingerprint density at radius 2 is 1.66 bits per heavy atom. The zero-order valence-electron chi connectivity index (χ0n) is 20.1. The van der Waals surface area contributed by atoms with Crippen molar-refractivity contribution < 1.29 is 14.3 Å². The third kappa shape index (κ3) is 6.21. The van der Waals surface area contributed by atoms with Gasteiger partial charge in [-0.1, -0.05) is 48.0 Å². The molecule has 182 valence electrons. The molecule has 0 aromatic heterocycles. The number of benzene rings is 3. The monoisotopic (exact) mass is 491 g/mol. The summed E-state index contributed by atoms with van der Waals surface area (Å²) in [4.78, 5) is 30.1. The molecule has 0 unspecified atom stereocenters. The first kappa shape index (κ1) is 24.8. The van der Waals surface area contributed by atoms with E-state index in [0.29, 0.717) is 21.8 Å². The Kier molecular flexibility index (Phi) is 8.06. The fourth-order valence-electron chi connectivity index (χ4n) is 4.17. The van der Waals surface area contributed by atoms with Crippen LogP contribution in [0.4, 0.5) is 11.4 Å². The highest BCUT2D eigenvalue weighted by atomic mass is 35.5. The molecule has 1 heterocycles. The number of nitrogens with zero attached hydrogens (tertiary/aromatic N) is 2. The van der Waals surface area contributed by atoms with Crippen molar-refractivity contribution in [2.45, 2.75) is 20.4 Å². The molecule has 6 nitrogen and oxygen atoms in total. The zero-order chi connectivity index (χ0) is 24.8. The normalized spacial score (nSPS) is 14.0. The molecule has 0 spiro atoms. The van der Waals surface area contributed by atoms with Gasteiger partial charge in [0.2, 0.25) is 0 Å². The number of carbonyl (C=O) groups excluding carboxylic acids is 2. The topological polar surface area (TPSA) is 61.9 Å². The van der Waals surface area contributed by atoms with E-state index in [2.05, 4.69) is 39.4 Å². The summed E-state index contributed by atoms with van der Waals surface area (Å²) >= 11 is 6.23. The second-order valence-corrected chi connectivity index (χ2v) is 9.03. The van der Waals surface area contributed by atoms with Gasteiger partial charge in [-0.15, -0.1) is 0 Å². The van der Waals surface area contributed by atoms with Gasteiger partial charge in [-0.05, 0) is 55.3 Å². The van der Waals surface area contributed by atoms with Gasteiger partial charge in [-0.2, -0.15) is 0 Å². The van der Waals surface area contributed by atoms with Gasteiger partial charge in [-0.3, -0.25) is 9.69 Å². The Hall–Kier alpha value is -3.35. The maximum atomic E-state index is 13.1. The number of halogens is 1. The minimum atomic E-state index is -0.416. The van der Waals surface area contributed by atoms with Crippen molar-refractivity contribution in [1.82, 2.24) is 4.90 Å². The van der Waals surface area contributed by atoms with Crippen molar-refractivity contribution in [2.75, 3.05) is 43.0 Å². The Morgan fingerprint density at radius 1 is 0.943 bits per heavy atom. The average molecular weight is 492 g/mol. The highest BCUT2D eigenvalue weighted by molar-refractivity contribution is 6.31. The standard InChI is InChI=1S/C28H30ClN3O3/c1-3-35-28(34)23-11-12-26(25(18-23)30-27(33)22-10-9-20(2)24(29)17-22)32-15-13-31(14-16-32)19-21-7-5-4-6-8-21/h4-12,17-18H,3,13-16,19H2,1-2H3,(H,30,33). The molecule has 1 aliphatic heterocycles. The molecule has 1 amide bonds. The summed E-state index contributed by atoms with van der Waals surface area (Å²) < 4.78 is 5.17. The minimum Gasteiger partial charge on any atom is -0.462 e. The van der Waals surface area contributed by atoms with Crippen LogP contribution in [0.5, 0.6) is 0 Å². The first-order valence-electron chi connectivity index (χ1n) is 11.8. The van der Waals surface area contributed by atoms with E-state index in [1.54, 1.807) is 31.2 Å². The number of hydrogen-bond donors (Lipinski definition) is 1. The smallest absolute Gasteiger partial charge is 0.338 e. The summed E-state index contributed by atoms with van der Waals surface area (Å²) in [5.74, 6) is -0.697. The van der Waals surface area contributed by atoms with E-state index >= 15 is 0 Å².